The maximum absolute atomic E-state index is 12.9. The second-order valence-corrected chi connectivity index (χ2v) is 9.25. The molecule has 26 heavy (non-hydrogen) atoms. The summed E-state index contributed by atoms with van der Waals surface area (Å²) in [5, 5.41) is 11.3. The maximum atomic E-state index is 12.9. The molecule has 0 radical (unpaired) electrons. The van der Waals surface area contributed by atoms with Crippen LogP contribution in [0.1, 0.15) is 23.0 Å². The van der Waals surface area contributed by atoms with Crippen molar-refractivity contribution in [2.75, 3.05) is 0 Å². The fourth-order valence-electron chi connectivity index (χ4n) is 2.64. The summed E-state index contributed by atoms with van der Waals surface area (Å²) in [4.78, 5) is 4.42. The number of para-hydroxylation sites is 2. The molecule has 0 N–H and O–H groups in total. The van der Waals surface area contributed by atoms with Crippen LogP contribution in [-0.2, 0) is 15.6 Å². The molecular weight excluding hydrogens is 370 g/mol. The van der Waals surface area contributed by atoms with Gasteiger partial charge in [0, 0.05) is 0 Å². The van der Waals surface area contributed by atoms with E-state index in [9.17, 15) is 8.42 Å². The van der Waals surface area contributed by atoms with Gasteiger partial charge < -0.3 is 0 Å². The van der Waals surface area contributed by atoms with Gasteiger partial charge in [0.25, 0.3) is 0 Å². The Morgan fingerprint density at radius 3 is 2.58 bits per heavy atom. The number of rotatable bonds is 5. The van der Waals surface area contributed by atoms with Gasteiger partial charge in [-0.3, -0.25) is 0 Å². The van der Waals surface area contributed by atoms with Crippen LogP contribution in [0.25, 0.3) is 15.9 Å². The van der Waals surface area contributed by atoms with E-state index in [4.69, 9.17) is 0 Å². The standard InChI is InChI=1S/C17H15N5O2S2/c1-12(17-19-20-21-22(17)13-7-3-2-4-8-13)26(23,24)11-16-18-14-9-5-6-10-15(14)25-16/h2-10,12H,11H2,1H3/t12-/m0/s1. The molecule has 2 aromatic heterocycles. The number of sulfone groups is 1. The van der Waals surface area contributed by atoms with E-state index in [1.807, 2.05) is 54.6 Å². The van der Waals surface area contributed by atoms with E-state index in [2.05, 4.69) is 20.5 Å². The van der Waals surface area contributed by atoms with Crippen LogP contribution < -0.4 is 0 Å². The third-order valence-corrected chi connectivity index (χ3v) is 7.24. The molecule has 0 unspecified atom stereocenters. The van der Waals surface area contributed by atoms with E-state index < -0.39 is 15.1 Å². The van der Waals surface area contributed by atoms with Crippen molar-refractivity contribution in [1.82, 2.24) is 25.2 Å². The van der Waals surface area contributed by atoms with Crippen LogP contribution in [-0.4, -0.2) is 33.6 Å². The molecule has 7 nitrogen and oxygen atoms in total. The van der Waals surface area contributed by atoms with Crippen LogP contribution in [0.3, 0.4) is 0 Å². The SMILES string of the molecule is C[C@@H](c1nnnn1-c1ccccc1)S(=O)(=O)Cc1nc2ccccc2s1. The Morgan fingerprint density at radius 1 is 1.08 bits per heavy atom. The molecule has 0 amide bonds. The Bertz CT molecular complexity index is 1120. The topological polar surface area (TPSA) is 90.6 Å². The van der Waals surface area contributed by atoms with E-state index in [0.29, 0.717) is 5.01 Å². The van der Waals surface area contributed by atoms with Gasteiger partial charge in [0.05, 0.1) is 15.9 Å². The lowest BCUT2D eigenvalue weighted by molar-refractivity contribution is 0.579. The zero-order chi connectivity index (χ0) is 18.1. The van der Waals surface area contributed by atoms with Gasteiger partial charge in [0.2, 0.25) is 0 Å². The molecule has 4 aromatic rings. The molecular formula is C17H15N5O2S2. The van der Waals surface area contributed by atoms with Crippen molar-refractivity contribution in [2.45, 2.75) is 17.9 Å². The number of hydrogen-bond acceptors (Lipinski definition) is 7. The quantitative estimate of drug-likeness (QED) is 0.525. The number of tetrazole rings is 1. The van der Waals surface area contributed by atoms with Crippen molar-refractivity contribution in [3.63, 3.8) is 0 Å². The molecule has 0 saturated carbocycles. The van der Waals surface area contributed by atoms with Gasteiger partial charge in [0.15, 0.2) is 15.7 Å². The van der Waals surface area contributed by atoms with Gasteiger partial charge in [-0.1, -0.05) is 30.3 Å². The highest BCUT2D eigenvalue weighted by atomic mass is 32.2. The fraction of sp³-hybridized carbons (Fsp3) is 0.176. The minimum absolute atomic E-state index is 0.144. The number of aromatic nitrogens is 5. The Kier molecular flexibility index (Phi) is 4.25. The monoisotopic (exact) mass is 385 g/mol. The summed E-state index contributed by atoms with van der Waals surface area (Å²) in [5.41, 5.74) is 1.53. The average molecular weight is 385 g/mol. The first kappa shape index (κ1) is 16.8. The number of benzene rings is 2. The molecule has 132 valence electrons. The molecule has 0 aliphatic rings. The second-order valence-electron chi connectivity index (χ2n) is 5.81. The molecule has 0 spiro atoms. The van der Waals surface area contributed by atoms with Crippen molar-refractivity contribution in [3.8, 4) is 5.69 Å². The summed E-state index contributed by atoms with van der Waals surface area (Å²) >= 11 is 1.39. The van der Waals surface area contributed by atoms with E-state index in [-0.39, 0.29) is 11.6 Å². The lowest BCUT2D eigenvalue weighted by Crippen LogP contribution is -2.17. The second kappa shape index (κ2) is 6.58. The Hall–Kier alpha value is -2.65. The molecule has 0 fully saturated rings. The first-order chi connectivity index (χ1) is 12.5. The molecule has 0 bridgehead atoms. The third kappa shape index (κ3) is 3.11. The number of hydrogen-bond donors (Lipinski definition) is 0. The van der Waals surface area contributed by atoms with Crippen LogP contribution in [0.15, 0.2) is 54.6 Å². The zero-order valence-corrected chi connectivity index (χ0v) is 15.5. The summed E-state index contributed by atoms with van der Waals surface area (Å²) < 4.78 is 28.3. The van der Waals surface area contributed by atoms with Crippen LogP contribution in [0.2, 0.25) is 0 Å². The summed E-state index contributed by atoms with van der Waals surface area (Å²) in [5.74, 6) is 0.145. The smallest absolute Gasteiger partial charge is 0.174 e. The Labute approximate surface area is 154 Å². The molecule has 2 aromatic carbocycles. The van der Waals surface area contributed by atoms with Crippen molar-refractivity contribution >= 4 is 31.4 Å². The number of thiazole rings is 1. The summed E-state index contributed by atoms with van der Waals surface area (Å²) in [6, 6.07) is 16.8. The predicted molar refractivity (Wildman–Crippen MR) is 99.8 cm³/mol. The van der Waals surface area contributed by atoms with Crippen molar-refractivity contribution in [3.05, 3.63) is 65.4 Å². The zero-order valence-electron chi connectivity index (χ0n) is 13.8. The Balaban J connectivity index is 1.65. The van der Waals surface area contributed by atoms with Crippen molar-refractivity contribution in [2.24, 2.45) is 0 Å². The minimum Gasteiger partial charge on any atom is -0.240 e. The van der Waals surface area contributed by atoms with Crippen molar-refractivity contribution < 1.29 is 8.42 Å². The van der Waals surface area contributed by atoms with Crippen LogP contribution in [0, 0.1) is 0 Å². The molecule has 4 rings (SSSR count). The Morgan fingerprint density at radius 2 is 1.81 bits per heavy atom. The van der Waals surface area contributed by atoms with Gasteiger partial charge in [0.1, 0.15) is 16.0 Å². The van der Waals surface area contributed by atoms with Gasteiger partial charge in [-0.05, 0) is 41.6 Å². The lowest BCUT2D eigenvalue weighted by atomic mass is 10.3. The fourth-order valence-corrected chi connectivity index (χ4v) is 5.26. The highest BCUT2D eigenvalue weighted by Gasteiger charge is 2.29. The average Bonchev–Trinajstić information content (AvgIpc) is 3.27. The highest BCUT2D eigenvalue weighted by Crippen LogP contribution is 2.28. The normalized spacial score (nSPS) is 13.1. The maximum Gasteiger partial charge on any atom is 0.174 e. The first-order valence-corrected chi connectivity index (χ1v) is 10.5. The summed E-state index contributed by atoms with van der Waals surface area (Å²) in [6.07, 6.45) is 0. The van der Waals surface area contributed by atoms with E-state index in [1.54, 1.807) is 6.92 Å². The highest BCUT2D eigenvalue weighted by molar-refractivity contribution is 7.91. The minimum atomic E-state index is -3.53. The largest absolute Gasteiger partial charge is 0.240 e. The molecule has 0 aliphatic carbocycles. The van der Waals surface area contributed by atoms with Crippen molar-refractivity contribution in [1.29, 1.82) is 0 Å². The van der Waals surface area contributed by atoms with Gasteiger partial charge in [-0.15, -0.1) is 16.4 Å². The molecule has 1 atom stereocenters. The lowest BCUT2D eigenvalue weighted by Gasteiger charge is -2.12. The van der Waals surface area contributed by atoms with E-state index in [1.165, 1.54) is 16.0 Å². The molecule has 0 aliphatic heterocycles. The summed E-state index contributed by atoms with van der Waals surface area (Å²) in [7, 11) is -3.53. The van der Waals surface area contributed by atoms with Gasteiger partial charge in [-0.2, -0.15) is 4.68 Å². The third-order valence-electron chi connectivity index (χ3n) is 4.06. The number of fused-ring (bicyclic) bond motifs is 1. The first-order valence-electron chi connectivity index (χ1n) is 7.94. The van der Waals surface area contributed by atoms with Gasteiger partial charge >= 0.3 is 0 Å². The van der Waals surface area contributed by atoms with E-state index in [0.717, 1.165) is 15.9 Å². The summed E-state index contributed by atoms with van der Waals surface area (Å²) in [6.45, 7) is 1.60. The molecule has 9 heteroatoms. The van der Waals surface area contributed by atoms with Crippen LogP contribution in [0.4, 0.5) is 0 Å². The molecule has 0 saturated heterocycles. The molecule has 2 heterocycles. The predicted octanol–water partition coefficient (Wildman–Crippen LogP) is 2.95. The van der Waals surface area contributed by atoms with Gasteiger partial charge in [-0.25, -0.2) is 13.4 Å². The van der Waals surface area contributed by atoms with Crippen LogP contribution >= 0.6 is 11.3 Å². The van der Waals surface area contributed by atoms with E-state index >= 15 is 0 Å². The van der Waals surface area contributed by atoms with Crippen LogP contribution in [0.5, 0.6) is 0 Å². The number of nitrogens with zero attached hydrogens (tertiary/aromatic N) is 5.